The predicted molar refractivity (Wildman–Crippen MR) is 105 cm³/mol. The van der Waals surface area contributed by atoms with Crippen LogP contribution in [0.1, 0.15) is 5.56 Å². The zero-order chi connectivity index (χ0) is 21.6. The molecular formula is C18H17Cl2FN2O5S. The molecule has 2 aromatic carbocycles. The van der Waals surface area contributed by atoms with Gasteiger partial charge >= 0.3 is 5.97 Å². The first-order valence-corrected chi connectivity index (χ1v) is 10.4. The van der Waals surface area contributed by atoms with Gasteiger partial charge in [-0.2, -0.15) is 4.72 Å². The molecule has 0 atom stereocenters. The van der Waals surface area contributed by atoms with Crippen LogP contribution in [-0.4, -0.2) is 45.4 Å². The van der Waals surface area contributed by atoms with Crippen molar-refractivity contribution in [3.8, 4) is 0 Å². The Morgan fingerprint density at radius 2 is 1.83 bits per heavy atom. The molecule has 0 fully saturated rings. The van der Waals surface area contributed by atoms with Crippen molar-refractivity contribution in [2.75, 3.05) is 20.2 Å². The molecule has 0 saturated heterocycles. The molecule has 1 N–H and O–H groups in total. The highest BCUT2D eigenvalue weighted by Gasteiger charge is 2.19. The molecule has 1 amide bonds. The minimum atomic E-state index is -4.03. The van der Waals surface area contributed by atoms with E-state index < -0.39 is 40.9 Å². The number of likely N-dealkylation sites (N-methyl/N-ethyl adjacent to an activating group) is 1. The van der Waals surface area contributed by atoms with Crippen molar-refractivity contribution in [2.45, 2.75) is 11.4 Å². The van der Waals surface area contributed by atoms with Gasteiger partial charge in [0.05, 0.1) is 14.9 Å². The van der Waals surface area contributed by atoms with Crippen molar-refractivity contribution in [3.05, 3.63) is 63.9 Å². The molecular weight excluding hydrogens is 446 g/mol. The average molecular weight is 463 g/mol. The second-order valence-electron chi connectivity index (χ2n) is 5.90. The lowest BCUT2D eigenvalue weighted by Crippen LogP contribution is -2.34. The van der Waals surface area contributed by atoms with Crippen LogP contribution >= 0.6 is 23.2 Å². The standard InChI is InChI=1S/C18H17Cl2FN2O5S/c1-23(10-12-4-2-3-5-16(12)21)17(24)11-28-18(25)9-22-29(26,27)13-6-7-14(19)15(20)8-13/h2-8,22H,9-11H2,1H3. The third-order valence-corrected chi connectivity index (χ3v) is 5.89. The number of nitrogens with one attached hydrogen (secondary N) is 1. The topological polar surface area (TPSA) is 92.8 Å². The first-order chi connectivity index (χ1) is 13.6. The van der Waals surface area contributed by atoms with Crippen LogP contribution in [0.4, 0.5) is 4.39 Å². The molecule has 0 spiro atoms. The fourth-order valence-electron chi connectivity index (χ4n) is 2.16. The van der Waals surface area contributed by atoms with Crippen LogP contribution in [0.5, 0.6) is 0 Å². The Bertz CT molecular complexity index is 1020. The zero-order valence-electron chi connectivity index (χ0n) is 15.2. The smallest absolute Gasteiger partial charge is 0.321 e. The van der Waals surface area contributed by atoms with Crippen LogP contribution in [-0.2, 0) is 30.9 Å². The Morgan fingerprint density at radius 3 is 2.48 bits per heavy atom. The lowest BCUT2D eigenvalue weighted by molar-refractivity contribution is -0.150. The summed E-state index contributed by atoms with van der Waals surface area (Å²) in [4.78, 5) is 24.8. The highest BCUT2D eigenvalue weighted by molar-refractivity contribution is 7.89. The molecule has 11 heteroatoms. The number of amides is 1. The second-order valence-corrected chi connectivity index (χ2v) is 8.48. The lowest BCUT2D eigenvalue weighted by atomic mass is 10.2. The van der Waals surface area contributed by atoms with E-state index in [2.05, 4.69) is 0 Å². The third kappa shape index (κ3) is 6.67. The Hall–Kier alpha value is -2.20. The van der Waals surface area contributed by atoms with Gasteiger partial charge in [0.25, 0.3) is 5.91 Å². The number of nitrogens with zero attached hydrogens (tertiary/aromatic N) is 1. The fraction of sp³-hybridized carbons (Fsp3) is 0.222. The molecule has 2 aromatic rings. The zero-order valence-corrected chi connectivity index (χ0v) is 17.5. The maximum Gasteiger partial charge on any atom is 0.321 e. The molecule has 0 bridgehead atoms. The minimum absolute atomic E-state index is 0.00693. The van der Waals surface area contributed by atoms with E-state index in [-0.39, 0.29) is 21.5 Å². The van der Waals surface area contributed by atoms with E-state index in [0.29, 0.717) is 5.56 Å². The summed E-state index contributed by atoms with van der Waals surface area (Å²) in [5.41, 5.74) is 0.309. The number of sulfonamides is 1. The Balaban J connectivity index is 1.83. The first-order valence-electron chi connectivity index (χ1n) is 8.18. The van der Waals surface area contributed by atoms with E-state index in [0.717, 1.165) is 6.07 Å². The molecule has 0 unspecified atom stereocenters. The number of hydrogen-bond acceptors (Lipinski definition) is 5. The number of benzene rings is 2. The fourth-order valence-corrected chi connectivity index (χ4v) is 3.51. The average Bonchev–Trinajstić information content (AvgIpc) is 2.68. The van der Waals surface area contributed by atoms with E-state index in [4.69, 9.17) is 27.9 Å². The number of rotatable bonds is 8. The van der Waals surface area contributed by atoms with Crippen molar-refractivity contribution in [2.24, 2.45) is 0 Å². The van der Waals surface area contributed by atoms with Gasteiger partial charge < -0.3 is 9.64 Å². The second kappa shape index (κ2) is 10.0. The number of carbonyl (C=O) groups is 2. The Labute approximate surface area is 177 Å². The summed E-state index contributed by atoms with van der Waals surface area (Å²) in [5.74, 6) is -1.99. The van der Waals surface area contributed by atoms with Crippen molar-refractivity contribution in [3.63, 3.8) is 0 Å². The quantitative estimate of drug-likeness (QED) is 0.608. The van der Waals surface area contributed by atoms with Gasteiger partial charge in [-0.3, -0.25) is 9.59 Å². The molecule has 7 nitrogen and oxygen atoms in total. The van der Waals surface area contributed by atoms with Gasteiger partial charge in [0.15, 0.2) is 6.61 Å². The molecule has 0 saturated carbocycles. The summed E-state index contributed by atoms with van der Waals surface area (Å²) in [6, 6.07) is 9.64. The Kier molecular flexibility index (Phi) is 7.97. The number of carbonyl (C=O) groups excluding carboxylic acids is 2. The normalized spacial score (nSPS) is 11.2. The molecule has 0 aliphatic rings. The van der Waals surface area contributed by atoms with Crippen molar-refractivity contribution in [1.29, 1.82) is 0 Å². The monoisotopic (exact) mass is 462 g/mol. The van der Waals surface area contributed by atoms with Crippen molar-refractivity contribution < 1.29 is 27.1 Å². The summed E-state index contributed by atoms with van der Waals surface area (Å²) in [6.07, 6.45) is 0. The number of ether oxygens (including phenoxy) is 1. The van der Waals surface area contributed by atoms with Gasteiger partial charge in [-0.05, 0) is 24.3 Å². The molecule has 0 aliphatic carbocycles. The maximum absolute atomic E-state index is 13.6. The molecule has 156 valence electrons. The highest BCUT2D eigenvalue weighted by atomic mass is 35.5. The van der Waals surface area contributed by atoms with Gasteiger partial charge in [-0.25, -0.2) is 12.8 Å². The van der Waals surface area contributed by atoms with Gasteiger partial charge in [-0.1, -0.05) is 41.4 Å². The van der Waals surface area contributed by atoms with Gasteiger partial charge in [0.2, 0.25) is 10.0 Å². The summed E-state index contributed by atoms with van der Waals surface area (Å²) in [6.45, 7) is -1.31. The number of hydrogen-bond donors (Lipinski definition) is 1. The van der Waals surface area contributed by atoms with E-state index in [1.165, 1.54) is 42.3 Å². The third-order valence-electron chi connectivity index (χ3n) is 3.76. The molecule has 0 aromatic heterocycles. The van der Waals surface area contributed by atoms with Crippen LogP contribution in [0.3, 0.4) is 0 Å². The van der Waals surface area contributed by atoms with Crippen molar-refractivity contribution >= 4 is 45.1 Å². The van der Waals surface area contributed by atoms with Crippen LogP contribution in [0.25, 0.3) is 0 Å². The molecule has 0 aliphatic heterocycles. The largest absolute Gasteiger partial charge is 0.455 e. The Morgan fingerprint density at radius 1 is 1.14 bits per heavy atom. The van der Waals surface area contributed by atoms with Gasteiger partial charge in [-0.15, -0.1) is 0 Å². The highest BCUT2D eigenvalue weighted by Crippen LogP contribution is 2.24. The van der Waals surface area contributed by atoms with Crippen LogP contribution in [0.15, 0.2) is 47.4 Å². The predicted octanol–water partition coefficient (Wildman–Crippen LogP) is 2.61. The molecule has 0 radical (unpaired) electrons. The molecule has 0 heterocycles. The summed E-state index contributed by atoms with van der Waals surface area (Å²) < 4.78 is 44.7. The van der Waals surface area contributed by atoms with E-state index in [1.807, 2.05) is 4.72 Å². The van der Waals surface area contributed by atoms with Crippen LogP contribution < -0.4 is 4.72 Å². The summed E-state index contributed by atoms with van der Waals surface area (Å²) >= 11 is 11.5. The summed E-state index contributed by atoms with van der Waals surface area (Å²) in [5, 5.41) is 0.226. The SMILES string of the molecule is CN(Cc1ccccc1F)C(=O)COC(=O)CNS(=O)(=O)c1ccc(Cl)c(Cl)c1. The summed E-state index contributed by atoms with van der Waals surface area (Å²) in [7, 11) is -2.60. The van der Waals surface area contributed by atoms with E-state index in [1.54, 1.807) is 6.07 Å². The van der Waals surface area contributed by atoms with Crippen LogP contribution in [0.2, 0.25) is 10.0 Å². The number of halogens is 3. The van der Waals surface area contributed by atoms with Gasteiger partial charge in [0.1, 0.15) is 12.4 Å². The lowest BCUT2D eigenvalue weighted by Gasteiger charge is -2.17. The maximum atomic E-state index is 13.6. The van der Waals surface area contributed by atoms with E-state index >= 15 is 0 Å². The van der Waals surface area contributed by atoms with Crippen LogP contribution in [0, 0.1) is 5.82 Å². The minimum Gasteiger partial charge on any atom is -0.455 e. The first kappa shape index (κ1) is 23.1. The van der Waals surface area contributed by atoms with Gasteiger partial charge in [0, 0.05) is 19.2 Å². The molecule has 2 rings (SSSR count). The van der Waals surface area contributed by atoms with E-state index in [9.17, 15) is 22.4 Å². The van der Waals surface area contributed by atoms with Crippen molar-refractivity contribution in [1.82, 2.24) is 9.62 Å². The number of esters is 1. The molecule has 29 heavy (non-hydrogen) atoms.